The number of carbonyl (C=O) groups excluding carboxylic acids is 1. The van der Waals surface area contributed by atoms with Crippen molar-refractivity contribution in [2.45, 2.75) is 5.54 Å². The van der Waals surface area contributed by atoms with Gasteiger partial charge in [0.15, 0.2) is 11.6 Å². The zero-order chi connectivity index (χ0) is 16.2. The number of hydrogen-bond acceptors (Lipinski definition) is 5. The SMILES string of the molecule is O=C(O)c1cc(F)c(F)cc1C(=O)NC(CO)(CO)CO. The molecule has 0 radical (unpaired) electrons. The van der Waals surface area contributed by atoms with Crippen molar-refractivity contribution in [1.29, 1.82) is 0 Å². The molecule has 0 saturated heterocycles. The fourth-order valence-electron chi connectivity index (χ4n) is 1.49. The number of nitrogens with one attached hydrogen (secondary N) is 1. The minimum atomic E-state index is -1.82. The molecule has 0 fully saturated rings. The van der Waals surface area contributed by atoms with Crippen molar-refractivity contribution in [1.82, 2.24) is 5.32 Å². The second-order valence-electron chi connectivity index (χ2n) is 4.33. The Hall–Kier alpha value is -2.10. The van der Waals surface area contributed by atoms with Crippen LogP contribution in [0.5, 0.6) is 0 Å². The molecule has 9 heteroatoms. The lowest BCUT2D eigenvalue weighted by atomic mass is 10.0. The average molecular weight is 305 g/mol. The first-order valence-corrected chi connectivity index (χ1v) is 5.67. The van der Waals surface area contributed by atoms with Crippen LogP contribution >= 0.6 is 0 Å². The third-order valence-electron chi connectivity index (χ3n) is 2.82. The highest BCUT2D eigenvalue weighted by Gasteiger charge is 2.32. The summed E-state index contributed by atoms with van der Waals surface area (Å²) >= 11 is 0. The Kier molecular flexibility index (Phi) is 5.30. The van der Waals surface area contributed by atoms with Gasteiger partial charge in [-0.1, -0.05) is 0 Å². The third-order valence-corrected chi connectivity index (χ3v) is 2.82. The molecular formula is C12H13F2NO6. The summed E-state index contributed by atoms with van der Waals surface area (Å²) in [4.78, 5) is 22.9. The maximum Gasteiger partial charge on any atom is 0.336 e. The zero-order valence-corrected chi connectivity index (χ0v) is 10.6. The number of amides is 1. The Balaban J connectivity index is 3.24. The summed E-state index contributed by atoms with van der Waals surface area (Å²) in [5, 5.41) is 38.1. The monoisotopic (exact) mass is 305 g/mol. The highest BCUT2D eigenvalue weighted by Crippen LogP contribution is 2.16. The van der Waals surface area contributed by atoms with Crippen molar-refractivity contribution in [3.63, 3.8) is 0 Å². The van der Waals surface area contributed by atoms with Crippen LogP contribution in [0.15, 0.2) is 12.1 Å². The second kappa shape index (κ2) is 6.57. The van der Waals surface area contributed by atoms with Crippen LogP contribution in [0.3, 0.4) is 0 Å². The van der Waals surface area contributed by atoms with Gasteiger partial charge in [0.2, 0.25) is 0 Å². The molecule has 116 valence electrons. The number of carboxylic acid groups (broad SMARTS) is 1. The Labute approximate surface area is 117 Å². The topological polar surface area (TPSA) is 127 Å². The molecule has 1 aromatic carbocycles. The van der Waals surface area contributed by atoms with Gasteiger partial charge in [0.05, 0.1) is 30.9 Å². The van der Waals surface area contributed by atoms with Crippen LogP contribution in [0.25, 0.3) is 0 Å². The van der Waals surface area contributed by atoms with Gasteiger partial charge >= 0.3 is 5.97 Å². The molecule has 0 aliphatic rings. The molecule has 1 rings (SSSR count). The van der Waals surface area contributed by atoms with E-state index >= 15 is 0 Å². The van der Waals surface area contributed by atoms with Gasteiger partial charge in [0.1, 0.15) is 5.54 Å². The largest absolute Gasteiger partial charge is 0.478 e. The van der Waals surface area contributed by atoms with E-state index in [0.717, 1.165) is 0 Å². The maximum atomic E-state index is 13.2. The standard InChI is InChI=1S/C12H13F2NO6/c13-8-1-6(7(11(20)21)2-9(8)14)10(19)15-12(3-16,4-17)5-18/h1-2,16-18H,3-5H2,(H,15,19)(H,20,21). The van der Waals surface area contributed by atoms with Gasteiger partial charge in [-0.3, -0.25) is 4.79 Å². The van der Waals surface area contributed by atoms with E-state index in [-0.39, 0.29) is 0 Å². The minimum absolute atomic E-state index is 0.338. The van der Waals surface area contributed by atoms with E-state index in [1.54, 1.807) is 0 Å². The second-order valence-corrected chi connectivity index (χ2v) is 4.33. The van der Waals surface area contributed by atoms with E-state index in [9.17, 15) is 18.4 Å². The minimum Gasteiger partial charge on any atom is -0.478 e. The lowest BCUT2D eigenvalue weighted by molar-refractivity contribution is 0.0373. The fourth-order valence-corrected chi connectivity index (χ4v) is 1.49. The lowest BCUT2D eigenvalue weighted by Gasteiger charge is -2.28. The Morgan fingerprint density at radius 2 is 1.43 bits per heavy atom. The van der Waals surface area contributed by atoms with Crippen molar-refractivity contribution >= 4 is 11.9 Å². The number of carboxylic acids is 1. The molecule has 1 amide bonds. The Morgan fingerprint density at radius 3 is 1.81 bits per heavy atom. The van der Waals surface area contributed by atoms with Gasteiger partial charge in [-0.05, 0) is 12.1 Å². The van der Waals surface area contributed by atoms with Crippen LogP contribution < -0.4 is 5.32 Å². The molecule has 1 aromatic rings. The Morgan fingerprint density at radius 1 is 1.00 bits per heavy atom. The van der Waals surface area contributed by atoms with Crippen molar-refractivity contribution in [3.8, 4) is 0 Å². The number of aromatic carboxylic acids is 1. The molecule has 0 bridgehead atoms. The molecule has 0 aliphatic carbocycles. The van der Waals surface area contributed by atoms with E-state index in [1.165, 1.54) is 0 Å². The normalized spacial score (nSPS) is 11.3. The summed E-state index contributed by atoms with van der Waals surface area (Å²) in [7, 11) is 0. The molecule has 0 aromatic heterocycles. The Bertz CT molecular complexity index is 551. The molecule has 0 heterocycles. The molecule has 0 aliphatic heterocycles. The number of benzene rings is 1. The van der Waals surface area contributed by atoms with Crippen LogP contribution in [-0.4, -0.2) is 57.7 Å². The number of halogens is 2. The van der Waals surface area contributed by atoms with Gasteiger partial charge in [0.25, 0.3) is 5.91 Å². The van der Waals surface area contributed by atoms with Crippen molar-refractivity contribution in [3.05, 3.63) is 34.9 Å². The quantitative estimate of drug-likeness (QED) is 0.464. The third kappa shape index (κ3) is 3.51. The van der Waals surface area contributed by atoms with Gasteiger partial charge < -0.3 is 25.7 Å². The number of rotatable bonds is 6. The summed E-state index contributed by atoms with van der Waals surface area (Å²) < 4.78 is 26.2. The smallest absolute Gasteiger partial charge is 0.336 e. The molecule has 5 N–H and O–H groups in total. The summed E-state index contributed by atoms with van der Waals surface area (Å²) in [6.45, 7) is -2.55. The van der Waals surface area contributed by atoms with Gasteiger partial charge in [-0.25, -0.2) is 13.6 Å². The fraction of sp³-hybridized carbons (Fsp3) is 0.333. The number of carbonyl (C=O) groups is 2. The first-order valence-electron chi connectivity index (χ1n) is 5.67. The van der Waals surface area contributed by atoms with Crippen LogP contribution in [0.1, 0.15) is 20.7 Å². The molecule has 0 saturated carbocycles. The lowest BCUT2D eigenvalue weighted by Crippen LogP contribution is -2.57. The highest BCUT2D eigenvalue weighted by atomic mass is 19.2. The van der Waals surface area contributed by atoms with Crippen LogP contribution in [0.4, 0.5) is 8.78 Å². The summed E-state index contributed by atoms with van der Waals surface area (Å²) in [5.41, 5.74) is -3.33. The zero-order valence-electron chi connectivity index (χ0n) is 10.6. The summed E-state index contributed by atoms with van der Waals surface area (Å²) in [5.74, 6) is -5.74. The number of aliphatic hydroxyl groups excluding tert-OH is 3. The van der Waals surface area contributed by atoms with E-state index in [0.29, 0.717) is 12.1 Å². The van der Waals surface area contributed by atoms with E-state index in [2.05, 4.69) is 0 Å². The van der Waals surface area contributed by atoms with Crippen molar-refractivity contribution in [2.75, 3.05) is 19.8 Å². The predicted molar refractivity (Wildman–Crippen MR) is 64.8 cm³/mol. The van der Waals surface area contributed by atoms with E-state index < -0.39 is 60.0 Å². The van der Waals surface area contributed by atoms with Crippen molar-refractivity contribution in [2.24, 2.45) is 0 Å². The van der Waals surface area contributed by atoms with E-state index in [4.69, 9.17) is 20.4 Å². The number of hydrogen-bond donors (Lipinski definition) is 5. The van der Waals surface area contributed by atoms with E-state index in [1.807, 2.05) is 5.32 Å². The van der Waals surface area contributed by atoms with Crippen molar-refractivity contribution < 1.29 is 38.8 Å². The average Bonchev–Trinajstić information content (AvgIpc) is 2.46. The predicted octanol–water partition coefficient (Wildman–Crippen LogP) is -0.892. The van der Waals surface area contributed by atoms with Gasteiger partial charge in [-0.2, -0.15) is 0 Å². The van der Waals surface area contributed by atoms with Crippen LogP contribution in [-0.2, 0) is 0 Å². The summed E-state index contributed by atoms with van der Waals surface area (Å²) in [6.07, 6.45) is 0. The van der Waals surface area contributed by atoms with Crippen LogP contribution in [0.2, 0.25) is 0 Å². The molecule has 0 unspecified atom stereocenters. The molecule has 7 nitrogen and oxygen atoms in total. The molecule has 0 spiro atoms. The summed E-state index contributed by atoms with van der Waals surface area (Å²) in [6, 6.07) is 0.718. The first kappa shape index (κ1) is 17.0. The van der Waals surface area contributed by atoms with Gasteiger partial charge in [-0.15, -0.1) is 0 Å². The molecular weight excluding hydrogens is 292 g/mol. The maximum absolute atomic E-state index is 13.2. The number of aliphatic hydroxyl groups is 3. The molecule has 0 atom stereocenters. The van der Waals surface area contributed by atoms with Crippen LogP contribution in [0, 0.1) is 11.6 Å². The highest BCUT2D eigenvalue weighted by molar-refractivity contribution is 6.05. The molecule has 21 heavy (non-hydrogen) atoms. The first-order chi connectivity index (χ1) is 9.80. The van der Waals surface area contributed by atoms with Gasteiger partial charge in [0, 0.05) is 0 Å².